The Kier molecular flexibility index (Phi) is 5.52. The van der Waals surface area contributed by atoms with E-state index in [9.17, 15) is 4.79 Å². The van der Waals surface area contributed by atoms with Crippen molar-refractivity contribution in [3.8, 4) is 0 Å². The summed E-state index contributed by atoms with van der Waals surface area (Å²) in [4.78, 5) is 14.9. The molecule has 3 nitrogen and oxygen atoms in total. The Morgan fingerprint density at radius 1 is 1.24 bits per heavy atom. The molecule has 0 spiro atoms. The largest absolute Gasteiger partial charge is 0.350 e. The van der Waals surface area contributed by atoms with Crippen molar-refractivity contribution in [3.05, 3.63) is 68.7 Å². The molecule has 25 heavy (non-hydrogen) atoms. The molecular weight excluding hydrogens is 400 g/mol. The van der Waals surface area contributed by atoms with E-state index < -0.39 is 0 Å². The van der Waals surface area contributed by atoms with Gasteiger partial charge in [-0.15, -0.1) is 0 Å². The molecule has 5 heteroatoms. The minimum atomic E-state index is -0.142. The van der Waals surface area contributed by atoms with Crippen LogP contribution in [0.4, 0.5) is 0 Å². The second-order valence-electron chi connectivity index (χ2n) is 7.06. The van der Waals surface area contributed by atoms with E-state index in [0.717, 1.165) is 24.0 Å². The molecule has 0 fully saturated rings. The molecule has 1 aliphatic rings. The Hall–Kier alpha value is -1.36. The second-order valence-corrected chi connectivity index (χ2v) is 8.38. The standard InChI is InChI=1S/C20H22BrClN2O/c1-20(2,24-10-9-14-5-3-4-6-15(14)12-24)13-23-19(25)17-11-16(21)7-8-18(17)22/h3-8,11H,9-10,12-13H2,1-2H3,(H,23,25). The van der Waals surface area contributed by atoms with Gasteiger partial charge >= 0.3 is 0 Å². The zero-order valence-electron chi connectivity index (χ0n) is 14.5. The highest BCUT2D eigenvalue weighted by Crippen LogP contribution is 2.25. The van der Waals surface area contributed by atoms with E-state index in [1.165, 1.54) is 11.1 Å². The van der Waals surface area contributed by atoms with Gasteiger partial charge in [0.1, 0.15) is 0 Å². The molecule has 132 valence electrons. The molecular formula is C20H22BrClN2O. The van der Waals surface area contributed by atoms with Gasteiger partial charge in [-0.25, -0.2) is 0 Å². The van der Waals surface area contributed by atoms with Crippen LogP contribution in [0.3, 0.4) is 0 Å². The number of rotatable bonds is 4. The van der Waals surface area contributed by atoms with Crippen molar-refractivity contribution < 1.29 is 4.79 Å². The Bertz CT molecular complexity index is 791. The molecule has 1 amide bonds. The first-order valence-corrected chi connectivity index (χ1v) is 9.59. The third-order valence-corrected chi connectivity index (χ3v) is 5.66. The van der Waals surface area contributed by atoms with Crippen LogP contribution in [0.2, 0.25) is 5.02 Å². The molecule has 0 aliphatic carbocycles. The molecule has 0 atom stereocenters. The molecule has 1 aliphatic heterocycles. The number of carbonyl (C=O) groups is 1. The molecule has 0 unspecified atom stereocenters. The average molecular weight is 422 g/mol. The second kappa shape index (κ2) is 7.48. The summed E-state index contributed by atoms with van der Waals surface area (Å²) in [5, 5.41) is 3.51. The van der Waals surface area contributed by atoms with E-state index in [1.54, 1.807) is 12.1 Å². The van der Waals surface area contributed by atoms with Gasteiger partial charge < -0.3 is 5.32 Å². The van der Waals surface area contributed by atoms with Crippen LogP contribution in [0.1, 0.15) is 35.3 Å². The van der Waals surface area contributed by atoms with Crippen LogP contribution in [0.5, 0.6) is 0 Å². The van der Waals surface area contributed by atoms with Crippen molar-refractivity contribution in [3.63, 3.8) is 0 Å². The van der Waals surface area contributed by atoms with Gasteiger partial charge in [-0.2, -0.15) is 0 Å². The number of carbonyl (C=O) groups excluding carboxylic acids is 1. The molecule has 1 heterocycles. The van der Waals surface area contributed by atoms with Gasteiger partial charge in [0.2, 0.25) is 0 Å². The van der Waals surface area contributed by atoms with Crippen molar-refractivity contribution in [2.75, 3.05) is 13.1 Å². The molecule has 3 rings (SSSR count). The summed E-state index contributed by atoms with van der Waals surface area (Å²) >= 11 is 9.54. The first-order valence-electron chi connectivity index (χ1n) is 8.42. The fraction of sp³-hybridized carbons (Fsp3) is 0.350. The third kappa shape index (κ3) is 4.25. The van der Waals surface area contributed by atoms with Crippen LogP contribution in [0.15, 0.2) is 46.9 Å². The van der Waals surface area contributed by atoms with Crippen molar-refractivity contribution in [2.45, 2.75) is 32.4 Å². The van der Waals surface area contributed by atoms with Crippen LogP contribution in [0.25, 0.3) is 0 Å². The van der Waals surface area contributed by atoms with E-state index in [-0.39, 0.29) is 11.4 Å². The third-order valence-electron chi connectivity index (χ3n) is 4.84. The zero-order valence-corrected chi connectivity index (χ0v) is 16.8. The quantitative estimate of drug-likeness (QED) is 0.778. The van der Waals surface area contributed by atoms with Gasteiger partial charge in [-0.3, -0.25) is 9.69 Å². The summed E-state index contributed by atoms with van der Waals surface area (Å²) in [6.07, 6.45) is 1.05. The van der Waals surface area contributed by atoms with E-state index in [0.29, 0.717) is 17.1 Å². The lowest BCUT2D eigenvalue weighted by molar-refractivity contribution is 0.0826. The topological polar surface area (TPSA) is 32.3 Å². The van der Waals surface area contributed by atoms with Crippen LogP contribution in [0, 0.1) is 0 Å². The molecule has 2 aromatic rings. The predicted molar refractivity (Wildman–Crippen MR) is 106 cm³/mol. The van der Waals surface area contributed by atoms with Crippen molar-refractivity contribution >= 4 is 33.4 Å². The van der Waals surface area contributed by atoms with Crippen molar-refractivity contribution in [1.82, 2.24) is 10.2 Å². The average Bonchev–Trinajstić information content (AvgIpc) is 2.61. The maximum absolute atomic E-state index is 12.5. The molecule has 0 aromatic heterocycles. The maximum atomic E-state index is 12.5. The Morgan fingerprint density at radius 3 is 2.72 bits per heavy atom. The lowest BCUT2D eigenvalue weighted by Gasteiger charge is -2.41. The van der Waals surface area contributed by atoms with Gasteiger partial charge in [0.05, 0.1) is 10.6 Å². The number of hydrogen-bond acceptors (Lipinski definition) is 2. The molecule has 0 radical (unpaired) electrons. The van der Waals surface area contributed by atoms with Crippen molar-refractivity contribution in [1.29, 1.82) is 0 Å². The van der Waals surface area contributed by atoms with Crippen LogP contribution < -0.4 is 5.32 Å². The van der Waals surface area contributed by atoms with Gasteiger partial charge in [0.25, 0.3) is 5.91 Å². The molecule has 2 aromatic carbocycles. The normalized spacial score (nSPS) is 14.9. The highest BCUT2D eigenvalue weighted by atomic mass is 79.9. The smallest absolute Gasteiger partial charge is 0.252 e. The summed E-state index contributed by atoms with van der Waals surface area (Å²) in [5.41, 5.74) is 3.17. The summed E-state index contributed by atoms with van der Waals surface area (Å²) < 4.78 is 0.842. The summed E-state index contributed by atoms with van der Waals surface area (Å²) in [7, 11) is 0. The lowest BCUT2D eigenvalue weighted by Crippen LogP contribution is -2.53. The number of nitrogens with one attached hydrogen (secondary N) is 1. The van der Waals surface area contributed by atoms with Gasteiger partial charge in [0.15, 0.2) is 0 Å². The Labute approximate surface area is 162 Å². The highest BCUT2D eigenvalue weighted by Gasteiger charge is 2.30. The Morgan fingerprint density at radius 2 is 1.96 bits per heavy atom. The van der Waals surface area contributed by atoms with E-state index in [1.807, 2.05) is 6.07 Å². The minimum absolute atomic E-state index is 0.137. The fourth-order valence-corrected chi connectivity index (χ4v) is 3.75. The maximum Gasteiger partial charge on any atom is 0.252 e. The molecule has 0 saturated carbocycles. The highest BCUT2D eigenvalue weighted by molar-refractivity contribution is 9.10. The number of halogens is 2. The summed E-state index contributed by atoms with van der Waals surface area (Å²) in [5.74, 6) is -0.142. The van der Waals surface area contributed by atoms with E-state index in [4.69, 9.17) is 11.6 Å². The summed E-state index contributed by atoms with van der Waals surface area (Å²) in [6, 6.07) is 13.9. The number of benzene rings is 2. The fourth-order valence-electron chi connectivity index (χ4n) is 3.19. The number of amides is 1. The SMILES string of the molecule is CC(C)(CNC(=O)c1cc(Br)ccc1Cl)N1CCc2ccccc2C1. The Balaban J connectivity index is 1.66. The molecule has 1 N–H and O–H groups in total. The minimum Gasteiger partial charge on any atom is -0.350 e. The first kappa shape index (κ1) is 18.4. The van der Waals surface area contributed by atoms with E-state index >= 15 is 0 Å². The van der Waals surface area contributed by atoms with Gasteiger partial charge in [0, 0.05) is 29.6 Å². The van der Waals surface area contributed by atoms with Crippen LogP contribution >= 0.6 is 27.5 Å². The van der Waals surface area contributed by atoms with E-state index in [2.05, 4.69) is 64.3 Å². The van der Waals surface area contributed by atoms with Gasteiger partial charge in [-0.05, 0) is 49.6 Å². The summed E-state index contributed by atoms with van der Waals surface area (Å²) in [6.45, 7) is 6.82. The first-order chi connectivity index (χ1) is 11.9. The monoisotopic (exact) mass is 420 g/mol. The van der Waals surface area contributed by atoms with Crippen LogP contribution in [-0.4, -0.2) is 29.4 Å². The molecule has 0 saturated heterocycles. The number of nitrogens with zero attached hydrogens (tertiary/aromatic N) is 1. The number of fused-ring (bicyclic) bond motifs is 1. The predicted octanol–water partition coefficient (Wildman–Crippen LogP) is 4.67. The molecule has 0 bridgehead atoms. The van der Waals surface area contributed by atoms with Crippen LogP contribution in [-0.2, 0) is 13.0 Å². The van der Waals surface area contributed by atoms with Crippen molar-refractivity contribution in [2.24, 2.45) is 0 Å². The zero-order chi connectivity index (χ0) is 18.0. The van der Waals surface area contributed by atoms with Gasteiger partial charge in [-0.1, -0.05) is 51.8 Å². The number of hydrogen-bond donors (Lipinski definition) is 1. The lowest BCUT2D eigenvalue weighted by atomic mass is 9.94.